The molecule has 0 aromatic heterocycles. The fourth-order valence-corrected chi connectivity index (χ4v) is 2.31. The van der Waals surface area contributed by atoms with Gasteiger partial charge in [0.05, 0.1) is 21.3 Å². The maximum atomic E-state index is 13.1. The van der Waals surface area contributed by atoms with E-state index >= 15 is 0 Å². The van der Waals surface area contributed by atoms with Crippen molar-refractivity contribution in [1.82, 2.24) is 0 Å². The summed E-state index contributed by atoms with van der Waals surface area (Å²) in [4.78, 5) is 12.4. The third-order valence-electron chi connectivity index (χ3n) is 3.49. The maximum Gasteiger partial charge on any atom is 0.203 e. The van der Waals surface area contributed by atoms with Crippen LogP contribution in [0.25, 0.3) is 0 Å². The van der Waals surface area contributed by atoms with Crippen LogP contribution >= 0.6 is 0 Å². The molecule has 2 aromatic rings. The topological polar surface area (TPSA) is 56.8 Å². The number of hydrogen-bond donors (Lipinski definition) is 1. The van der Waals surface area contributed by atoms with Crippen molar-refractivity contribution in [3.63, 3.8) is 0 Å². The second-order valence-corrected chi connectivity index (χ2v) is 5.02. The summed E-state index contributed by atoms with van der Waals surface area (Å²) in [5, 5.41) is 3.02. The second kappa shape index (κ2) is 8.19. The Morgan fingerprint density at radius 1 is 1.04 bits per heavy atom. The summed E-state index contributed by atoms with van der Waals surface area (Å²) in [7, 11) is 4.50. The molecule has 6 heteroatoms. The minimum atomic E-state index is -0.323. The summed E-state index contributed by atoms with van der Waals surface area (Å²) in [5.41, 5.74) is 1.10. The number of methoxy groups -OCH3 is 3. The van der Waals surface area contributed by atoms with Crippen LogP contribution in [-0.4, -0.2) is 33.7 Å². The zero-order valence-corrected chi connectivity index (χ0v) is 13.9. The van der Waals surface area contributed by atoms with E-state index in [2.05, 4.69) is 5.32 Å². The van der Waals surface area contributed by atoms with Crippen LogP contribution in [0.1, 0.15) is 16.8 Å². The van der Waals surface area contributed by atoms with Gasteiger partial charge in [-0.3, -0.25) is 4.79 Å². The van der Waals surface area contributed by atoms with Crippen molar-refractivity contribution in [2.45, 2.75) is 6.42 Å². The minimum Gasteiger partial charge on any atom is -0.493 e. The van der Waals surface area contributed by atoms with E-state index in [-0.39, 0.29) is 18.0 Å². The zero-order valence-electron chi connectivity index (χ0n) is 13.9. The Balaban J connectivity index is 2.06. The molecular weight excluding hydrogens is 313 g/mol. The molecule has 0 spiro atoms. The third-order valence-corrected chi connectivity index (χ3v) is 3.49. The number of rotatable bonds is 8. The van der Waals surface area contributed by atoms with E-state index in [0.717, 1.165) is 0 Å². The van der Waals surface area contributed by atoms with Crippen molar-refractivity contribution in [2.75, 3.05) is 33.2 Å². The molecule has 0 aliphatic heterocycles. The number of Topliss-reactive ketones (excluding diaryl/α,β-unsaturated/α-hetero) is 1. The lowest BCUT2D eigenvalue weighted by atomic mass is 10.1. The van der Waals surface area contributed by atoms with Crippen molar-refractivity contribution in [3.8, 4) is 17.2 Å². The molecule has 0 aliphatic rings. The van der Waals surface area contributed by atoms with Crippen LogP contribution in [-0.2, 0) is 0 Å². The van der Waals surface area contributed by atoms with Crippen LogP contribution in [0, 0.1) is 5.82 Å². The van der Waals surface area contributed by atoms with Crippen molar-refractivity contribution >= 4 is 11.5 Å². The number of carbonyl (C=O) groups excluding carboxylic acids is 1. The summed E-state index contributed by atoms with van der Waals surface area (Å²) in [6.45, 7) is 0.388. The molecule has 0 saturated carbocycles. The lowest BCUT2D eigenvalue weighted by molar-refractivity contribution is 0.0985. The third kappa shape index (κ3) is 4.16. The molecule has 1 N–H and O–H groups in total. The van der Waals surface area contributed by atoms with Crippen molar-refractivity contribution in [3.05, 3.63) is 47.8 Å². The SMILES string of the molecule is COc1cc(C(=O)CCNc2cccc(F)c2)cc(OC)c1OC. The van der Waals surface area contributed by atoms with Gasteiger partial charge in [-0.2, -0.15) is 0 Å². The zero-order chi connectivity index (χ0) is 17.5. The number of nitrogens with one attached hydrogen (secondary N) is 1. The van der Waals surface area contributed by atoms with Gasteiger partial charge in [0.1, 0.15) is 5.82 Å². The molecule has 2 aromatic carbocycles. The first kappa shape index (κ1) is 17.6. The predicted octanol–water partition coefficient (Wildman–Crippen LogP) is 3.54. The Labute approximate surface area is 140 Å². The number of hydrogen-bond acceptors (Lipinski definition) is 5. The summed E-state index contributed by atoms with van der Waals surface area (Å²) in [6.07, 6.45) is 0.245. The Morgan fingerprint density at radius 2 is 1.71 bits per heavy atom. The quantitative estimate of drug-likeness (QED) is 0.749. The highest BCUT2D eigenvalue weighted by Crippen LogP contribution is 2.38. The Hall–Kier alpha value is -2.76. The number of halogens is 1. The highest BCUT2D eigenvalue weighted by atomic mass is 19.1. The Kier molecular flexibility index (Phi) is 6.01. The molecule has 0 radical (unpaired) electrons. The molecule has 0 fully saturated rings. The Morgan fingerprint density at radius 3 is 2.25 bits per heavy atom. The van der Waals surface area contributed by atoms with Gasteiger partial charge >= 0.3 is 0 Å². The molecular formula is C18H20FNO4. The van der Waals surface area contributed by atoms with Gasteiger partial charge in [0.15, 0.2) is 17.3 Å². The average Bonchev–Trinajstić information content (AvgIpc) is 2.60. The van der Waals surface area contributed by atoms with E-state index in [1.807, 2.05) is 0 Å². The molecule has 0 amide bonds. The number of benzene rings is 2. The summed E-state index contributed by atoms with van der Waals surface area (Å²) in [5.74, 6) is 0.889. The second-order valence-electron chi connectivity index (χ2n) is 5.02. The average molecular weight is 333 g/mol. The number of ketones is 1. The number of ether oxygens (including phenoxy) is 3. The van der Waals surface area contributed by atoms with E-state index in [0.29, 0.717) is 35.0 Å². The van der Waals surface area contributed by atoms with Gasteiger partial charge in [0.25, 0.3) is 0 Å². The van der Waals surface area contributed by atoms with Crippen LogP contribution in [0.3, 0.4) is 0 Å². The summed E-state index contributed by atoms with van der Waals surface area (Å²) in [6, 6.07) is 9.33. The van der Waals surface area contributed by atoms with E-state index in [1.165, 1.54) is 33.5 Å². The van der Waals surface area contributed by atoms with Gasteiger partial charge in [0, 0.05) is 24.2 Å². The van der Waals surface area contributed by atoms with Crippen molar-refractivity contribution in [1.29, 1.82) is 0 Å². The first-order valence-corrected chi connectivity index (χ1v) is 7.41. The molecule has 0 saturated heterocycles. The number of anilines is 1. The molecule has 0 bridgehead atoms. The van der Waals surface area contributed by atoms with Crippen LogP contribution in [0.15, 0.2) is 36.4 Å². The first-order chi connectivity index (χ1) is 11.6. The highest BCUT2D eigenvalue weighted by Gasteiger charge is 2.16. The van der Waals surface area contributed by atoms with Crippen molar-refractivity contribution < 1.29 is 23.4 Å². The predicted molar refractivity (Wildman–Crippen MR) is 89.9 cm³/mol. The van der Waals surface area contributed by atoms with Gasteiger partial charge in [-0.1, -0.05) is 6.07 Å². The van der Waals surface area contributed by atoms with Gasteiger partial charge in [-0.05, 0) is 30.3 Å². The van der Waals surface area contributed by atoms with Gasteiger partial charge in [-0.25, -0.2) is 4.39 Å². The van der Waals surface area contributed by atoms with Crippen molar-refractivity contribution in [2.24, 2.45) is 0 Å². The van der Waals surface area contributed by atoms with Crippen LogP contribution < -0.4 is 19.5 Å². The smallest absolute Gasteiger partial charge is 0.203 e. The summed E-state index contributed by atoms with van der Waals surface area (Å²) >= 11 is 0. The number of carbonyl (C=O) groups is 1. The Bertz CT molecular complexity index is 693. The molecule has 0 atom stereocenters. The van der Waals surface area contributed by atoms with E-state index in [4.69, 9.17) is 14.2 Å². The highest BCUT2D eigenvalue weighted by molar-refractivity contribution is 5.97. The van der Waals surface area contributed by atoms with E-state index in [1.54, 1.807) is 24.3 Å². The molecule has 0 aliphatic carbocycles. The maximum absolute atomic E-state index is 13.1. The molecule has 2 rings (SSSR count). The minimum absolute atomic E-state index is 0.0850. The standard InChI is InChI=1S/C18H20FNO4/c1-22-16-9-12(10-17(23-2)18(16)24-3)15(21)7-8-20-14-6-4-5-13(19)11-14/h4-6,9-11,20H,7-8H2,1-3H3. The first-order valence-electron chi connectivity index (χ1n) is 7.41. The molecule has 24 heavy (non-hydrogen) atoms. The van der Waals surface area contributed by atoms with Gasteiger partial charge in [-0.15, -0.1) is 0 Å². The largest absolute Gasteiger partial charge is 0.493 e. The molecule has 5 nitrogen and oxygen atoms in total. The monoisotopic (exact) mass is 333 g/mol. The molecule has 0 heterocycles. The van der Waals surface area contributed by atoms with Crippen LogP contribution in [0.5, 0.6) is 17.2 Å². The molecule has 0 unspecified atom stereocenters. The van der Waals surface area contributed by atoms with Crippen LogP contribution in [0.4, 0.5) is 10.1 Å². The fraction of sp³-hybridized carbons (Fsp3) is 0.278. The molecule has 128 valence electrons. The van der Waals surface area contributed by atoms with E-state index < -0.39 is 0 Å². The summed E-state index contributed by atoms with van der Waals surface area (Å²) < 4.78 is 28.8. The van der Waals surface area contributed by atoms with E-state index in [9.17, 15) is 9.18 Å². The lowest BCUT2D eigenvalue weighted by Crippen LogP contribution is -2.09. The van der Waals surface area contributed by atoms with Gasteiger partial charge < -0.3 is 19.5 Å². The van der Waals surface area contributed by atoms with Crippen LogP contribution in [0.2, 0.25) is 0 Å². The lowest BCUT2D eigenvalue weighted by Gasteiger charge is -2.14. The van der Waals surface area contributed by atoms with Gasteiger partial charge in [0.2, 0.25) is 5.75 Å². The normalized spacial score (nSPS) is 10.2. The fourth-order valence-electron chi connectivity index (χ4n) is 2.31.